The number of rotatable bonds is 5. The number of carbonyl (C=O) groups excluding carboxylic acids is 1. The van der Waals surface area contributed by atoms with Crippen LogP contribution < -0.4 is 0 Å². The molecule has 0 aromatic heterocycles. The van der Waals surface area contributed by atoms with E-state index in [4.69, 9.17) is 0 Å². The molecule has 0 aromatic carbocycles. The molecule has 0 aromatic rings. The molecule has 3 heteroatoms. The van der Waals surface area contributed by atoms with Gasteiger partial charge in [0.1, 0.15) is 5.78 Å². The van der Waals surface area contributed by atoms with Gasteiger partial charge in [0.2, 0.25) is 0 Å². The van der Waals surface area contributed by atoms with Crippen molar-refractivity contribution in [1.29, 1.82) is 0 Å². The van der Waals surface area contributed by atoms with Gasteiger partial charge in [-0.25, -0.2) is 0 Å². The molecule has 0 saturated carbocycles. The van der Waals surface area contributed by atoms with E-state index in [9.17, 15) is 9.90 Å². The molecule has 0 spiro atoms. The molecule has 94 valence electrons. The van der Waals surface area contributed by atoms with Crippen LogP contribution in [-0.2, 0) is 4.79 Å². The Morgan fingerprint density at radius 1 is 1.38 bits per heavy atom. The molecule has 1 aliphatic heterocycles. The third kappa shape index (κ3) is 3.87. The van der Waals surface area contributed by atoms with E-state index in [-0.39, 0.29) is 12.0 Å². The molecule has 0 bridgehead atoms. The smallest absolute Gasteiger partial charge is 0.149 e. The molecule has 0 amide bonds. The van der Waals surface area contributed by atoms with Crippen molar-refractivity contribution in [1.82, 2.24) is 4.90 Å². The minimum absolute atomic E-state index is 0.189. The number of aliphatic hydroxyl groups excluding tert-OH is 1. The molecular weight excluding hydrogens is 202 g/mol. The molecule has 1 N–H and O–H groups in total. The first-order chi connectivity index (χ1) is 7.54. The Labute approximate surface area is 98.8 Å². The highest BCUT2D eigenvalue weighted by molar-refractivity contribution is 5.82. The monoisotopic (exact) mass is 227 g/mol. The maximum Gasteiger partial charge on any atom is 0.149 e. The van der Waals surface area contributed by atoms with Gasteiger partial charge in [-0.05, 0) is 45.2 Å². The number of piperidine rings is 1. The minimum Gasteiger partial charge on any atom is -0.393 e. The van der Waals surface area contributed by atoms with Crippen LogP contribution in [0.25, 0.3) is 0 Å². The Morgan fingerprint density at radius 2 is 1.94 bits per heavy atom. The van der Waals surface area contributed by atoms with Gasteiger partial charge < -0.3 is 5.11 Å². The number of nitrogens with zero attached hydrogens (tertiary/aromatic N) is 1. The molecule has 2 atom stereocenters. The SMILES string of the molecule is CCC(C)C(=O)CN1CCC(C(C)O)CC1. The third-order valence-corrected chi connectivity index (χ3v) is 3.86. The zero-order chi connectivity index (χ0) is 12.1. The zero-order valence-electron chi connectivity index (χ0n) is 10.8. The summed E-state index contributed by atoms with van der Waals surface area (Å²) >= 11 is 0. The highest BCUT2D eigenvalue weighted by Gasteiger charge is 2.24. The van der Waals surface area contributed by atoms with Crippen molar-refractivity contribution in [2.75, 3.05) is 19.6 Å². The largest absolute Gasteiger partial charge is 0.393 e. The molecule has 0 aliphatic carbocycles. The second-order valence-electron chi connectivity index (χ2n) is 5.13. The maximum atomic E-state index is 11.8. The van der Waals surface area contributed by atoms with Gasteiger partial charge in [0.15, 0.2) is 0 Å². The minimum atomic E-state index is -0.201. The van der Waals surface area contributed by atoms with Gasteiger partial charge in [0.05, 0.1) is 12.6 Å². The summed E-state index contributed by atoms with van der Waals surface area (Å²) in [6, 6.07) is 0. The molecule has 16 heavy (non-hydrogen) atoms. The molecule has 2 unspecified atom stereocenters. The molecule has 3 nitrogen and oxygen atoms in total. The Morgan fingerprint density at radius 3 is 2.38 bits per heavy atom. The van der Waals surface area contributed by atoms with Crippen molar-refractivity contribution in [3.8, 4) is 0 Å². The summed E-state index contributed by atoms with van der Waals surface area (Å²) in [4.78, 5) is 14.0. The average Bonchev–Trinajstić information content (AvgIpc) is 2.28. The lowest BCUT2D eigenvalue weighted by Crippen LogP contribution is -2.40. The van der Waals surface area contributed by atoms with E-state index in [1.54, 1.807) is 0 Å². The van der Waals surface area contributed by atoms with E-state index in [2.05, 4.69) is 11.8 Å². The van der Waals surface area contributed by atoms with Crippen LogP contribution in [0.5, 0.6) is 0 Å². The maximum absolute atomic E-state index is 11.8. The van der Waals surface area contributed by atoms with Crippen LogP contribution >= 0.6 is 0 Å². The summed E-state index contributed by atoms with van der Waals surface area (Å²) in [5.41, 5.74) is 0. The molecule has 0 radical (unpaired) electrons. The number of carbonyl (C=O) groups is 1. The fourth-order valence-electron chi connectivity index (χ4n) is 2.20. The lowest BCUT2D eigenvalue weighted by atomic mass is 9.91. The van der Waals surface area contributed by atoms with Gasteiger partial charge in [-0.3, -0.25) is 9.69 Å². The Balaban J connectivity index is 2.29. The summed E-state index contributed by atoms with van der Waals surface area (Å²) in [6.07, 6.45) is 2.77. The van der Waals surface area contributed by atoms with E-state index in [0.29, 0.717) is 18.2 Å². The van der Waals surface area contributed by atoms with Gasteiger partial charge in [-0.15, -0.1) is 0 Å². The Bertz CT molecular complexity index is 220. The van der Waals surface area contributed by atoms with Crippen LogP contribution in [-0.4, -0.2) is 41.5 Å². The topological polar surface area (TPSA) is 40.5 Å². The number of hydrogen-bond donors (Lipinski definition) is 1. The van der Waals surface area contributed by atoms with Crippen molar-refractivity contribution < 1.29 is 9.90 Å². The molecule has 1 saturated heterocycles. The normalized spacial score (nSPS) is 23.0. The Hall–Kier alpha value is -0.410. The molecule has 1 aliphatic rings. The van der Waals surface area contributed by atoms with Crippen molar-refractivity contribution in [2.45, 2.75) is 46.1 Å². The summed E-state index contributed by atoms with van der Waals surface area (Å²) in [6.45, 7) is 8.44. The predicted molar refractivity (Wildman–Crippen MR) is 65.3 cm³/mol. The van der Waals surface area contributed by atoms with Crippen LogP contribution in [0.3, 0.4) is 0 Å². The second kappa shape index (κ2) is 6.36. The molecule has 1 fully saturated rings. The second-order valence-corrected chi connectivity index (χ2v) is 5.13. The first-order valence-corrected chi connectivity index (χ1v) is 6.47. The number of ketones is 1. The molecule has 1 heterocycles. The third-order valence-electron chi connectivity index (χ3n) is 3.86. The molecule has 1 rings (SSSR count). The van der Waals surface area contributed by atoms with Crippen LogP contribution in [0.4, 0.5) is 0 Å². The number of Topliss-reactive ketones (excluding diaryl/α,β-unsaturated/α-hetero) is 1. The number of hydrogen-bond acceptors (Lipinski definition) is 3. The summed E-state index contributed by atoms with van der Waals surface area (Å²) in [7, 11) is 0. The standard InChI is InChI=1S/C13H25NO2/c1-4-10(2)13(16)9-14-7-5-12(6-8-14)11(3)15/h10-12,15H,4-9H2,1-3H3. The van der Waals surface area contributed by atoms with Crippen molar-refractivity contribution in [2.24, 2.45) is 11.8 Å². The van der Waals surface area contributed by atoms with E-state index in [1.807, 2.05) is 13.8 Å². The van der Waals surface area contributed by atoms with Crippen molar-refractivity contribution >= 4 is 5.78 Å². The van der Waals surface area contributed by atoms with E-state index < -0.39 is 0 Å². The van der Waals surface area contributed by atoms with Crippen LogP contribution in [0, 0.1) is 11.8 Å². The zero-order valence-corrected chi connectivity index (χ0v) is 10.8. The highest BCUT2D eigenvalue weighted by atomic mass is 16.3. The highest BCUT2D eigenvalue weighted by Crippen LogP contribution is 2.20. The predicted octanol–water partition coefficient (Wildman–Crippen LogP) is 1.69. The molecular formula is C13H25NO2. The van der Waals surface area contributed by atoms with E-state index >= 15 is 0 Å². The lowest BCUT2D eigenvalue weighted by Gasteiger charge is -2.33. The summed E-state index contributed by atoms with van der Waals surface area (Å²) < 4.78 is 0. The van der Waals surface area contributed by atoms with Gasteiger partial charge in [-0.1, -0.05) is 13.8 Å². The number of aliphatic hydroxyl groups is 1. The fraction of sp³-hybridized carbons (Fsp3) is 0.923. The summed E-state index contributed by atoms with van der Waals surface area (Å²) in [5.74, 6) is 0.974. The van der Waals surface area contributed by atoms with Gasteiger partial charge in [0, 0.05) is 5.92 Å². The Kier molecular flexibility index (Phi) is 5.42. The van der Waals surface area contributed by atoms with Crippen LogP contribution in [0.15, 0.2) is 0 Å². The lowest BCUT2D eigenvalue weighted by molar-refractivity contribution is -0.124. The first kappa shape index (κ1) is 13.7. The summed E-state index contributed by atoms with van der Waals surface area (Å²) in [5, 5.41) is 9.49. The number of likely N-dealkylation sites (tertiary alicyclic amines) is 1. The fourth-order valence-corrected chi connectivity index (χ4v) is 2.20. The van der Waals surface area contributed by atoms with E-state index in [1.165, 1.54) is 0 Å². The van der Waals surface area contributed by atoms with Crippen molar-refractivity contribution in [3.63, 3.8) is 0 Å². The quantitative estimate of drug-likeness (QED) is 0.777. The first-order valence-electron chi connectivity index (χ1n) is 6.47. The van der Waals surface area contributed by atoms with Gasteiger partial charge >= 0.3 is 0 Å². The van der Waals surface area contributed by atoms with Crippen molar-refractivity contribution in [3.05, 3.63) is 0 Å². The van der Waals surface area contributed by atoms with Crippen LogP contribution in [0.1, 0.15) is 40.0 Å². The average molecular weight is 227 g/mol. The van der Waals surface area contributed by atoms with Gasteiger partial charge in [0.25, 0.3) is 0 Å². The van der Waals surface area contributed by atoms with E-state index in [0.717, 1.165) is 32.4 Å². The van der Waals surface area contributed by atoms with Crippen LogP contribution in [0.2, 0.25) is 0 Å². The van der Waals surface area contributed by atoms with Gasteiger partial charge in [-0.2, -0.15) is 0 Å².